The van der Waals surface area contributed by atoms with E-state index in [2.05, 4.69) is 55.6 Å². The first-order valence-corrected chi connectivity index (χ1v) is 21.9. The van der Waals surface area contributed by atoms with E-state index < -0.39 is 86.8 Å². The van der Waals surface area contributed by atoms with Crippen LogP contribution < -0.4 is 5.32 Å². The summed E-state index contributed by atoms with van der Waals surface area (Å²) in [7, 11) is 0. The number of aliphatic hydroxyl groups excluding tert-OH is 8. The molecule has 0 aliphatic carbocycles. The molecule has 14 heteroatoms. The van der Waals surface area contributed by atoms with E-state index in [9.17, 15) is 45.6 Å². The van der Waals surface area contributed by atoms with Crippen LogP contribution in [0.3, 0.4) is 0 Å². The number of unbranched alkanes of at least 4 members (excludes halogenated alkanes) is 12. The molecule has 58 heavy (non-hydrogen) atoms. The molecule has 12 unspecified atom stereocenters. The second-order valence-electron chi connectivity index (χ2n) is 15.5. The SMILES string of the molecule is CCCCC/C=C\C/C=C\C/C=C\CCCCCCCCC(=O)NC(COC1OC(CO)C(OC2OC(CO)C(O)C(O)C2O)C(O)C1O)C(O)/C=C/CCCCC. The van der Waals surface area contributed by atoms with Crippen molar-refractivity contribution in [1.82, 2.24) is 5.32 Å². The van der Waals surface area contributed by atoms with Crippen LogP contribution in [0.1, 0.15) is 129 Å². The quantitative estimate of drug-likeness (QED) is 0.0359. The summed E-state index contributed by atoms with van der Waals surface area (Å²) in [5.74, 6) is -0.263. The molecule has 0 aromatic heterocycles. The van der Waals surface area contributed by atoms with Gasteiger partial charge in [0.15, 0.2) is 12.6 Å². The van der Waals surface area contributed by atoms with E-state index in [0.29, 0.717) is 6.42 Å². The Morgan fingerprint density at radius 1 is 0.621 bits per heavy atom. The Bertz CT molecular complexity index is 1160. The van der Waals surface area contributed by atoms with Gasteiger partial charge in [-0.25, -0.2) is 0 Å². The Balaban J connectivity index is 1.80. The lowest BCUT2D eigenvalue weighted by Gasteiger charge is -2.46. The van der Waals surface area contributed by atoms with E-state index in [1.807, 2.05) is 6.08 Å². The van der Waals surface area contributed by atoms with Gasteiger partial charge < -0.3 is 65.1 Å². The molecule has 0 aromatic carbocycles. The fourth-order valence-electron chi connectivity index (χ4n) is 6.82. The molecule has 2 saturated heterocycles. The van der Waals surface area contributed by atoms with Gasteiger partial charge in [0.25, 0.3) is 0 Å². The van der Waals surface area contributed by atoms with Gasteiger partial charge >= 0.3 is 0 Å². The Hall–Kier alpha value is -2.05. The minimum atomic E-state index is -1.79. The van der Waals surface area contributed by atoms with Crippen LogP contribution in [0.5, 0.6) is 0 Å². The number of carbonyl (C=O) groups excluding carboxylic acids is 1. The molecule has 0 saturated carbocycles. The molecule has 2 heterocycles. The fraction of sp³-hybridized carbons (Fsp3) is 0.795. The van der Waals surface area contributed by atoms with Crippen molar-refractivity contribution >= 4 is 5.91 Å². The summed E-state index contributed by atoms with van der Waals surface area (Å²) in [6.45, 7) is 2.59. The van der Waals surface area contributed by atoms with Gasteiger partial charge in [0.05, 0.1) is 32.0 Å². The fourth-order valence-corrected chi connectivity index (χ4v) is 6.82. The highest BCUT2D eigenvalue weighted by Gasteiger charge is 2.50. The van der Waals surface area contributed by atoms with Crippen LogP contribution in [0.25, 0.3) is 0 Å². The smallest absolute Gasteiger partial charge is 0.220 e. The molecule has 12 atom stereocenters. The summed E-state index contributed by atoms with van der Waals surface area (Å²) in [4.78, 5) is 13.0. The summed E-state index contributed by atoms with van der Waals surface area (Å²) in [6, 6.07) is -0.917. The van der Waals surface area contributed by atoms with Crippen LogP contribution in [-0.4, -0.2) is 140 Å². The van der Waals surface area contributed by atoms with Gasteiger partial charge in [-0.05, 0) is 57.8 Å². The van der Waals surface area contributed by atoms with E-state index in [4.69, 9.17) is 18.9 Å². The van der Waals surface area contributed by atoms with Crippen LogP contribution in [0.4, 0.5) is 0 Å². The van der Waals surface area contributed by atoms with Crippen molar-refractivity contribution in [3.8, 4) is 0 Å². The van der Waals surface area contributed by atoms with Crippen LogP contribution in [0.15, 0.2) is 48.6 Å². The molecule has 2 rings (SSSR count). The van der Waals surface area contributed by atoms with Crippen molar-refractivity contribution in [1.29, 1.82) is 0 Å². The lowest BCUT2D eigenvalue weighted by molar-refractivity contribution is -0.359. The maximum absolute atomic E-state index is 13.0. The highest BCUT2D eigenvalue weighted by Crippen LogP contribution is 2.29. The number of aliphatic hydroxyl groups is 8. The summed E-state index contributed by atoms with van der Waals surface area (Å²) in [5.41, 5.74) is 0. The van der Waals surface area contributed by atoms with Gasteiger partial charge in [-0.2, -0.15) is 0 Å². The molecule has 0 bridgehead atoms. The summed E-state index contributed by atoms with van der Waals surface area (Å²) >= 11 is 0. The van der Waals surface area contributed by atoms with Crippen LogP contribution >= 0.6 is 0 Å². The van der Waals surface area contributed by atoms with Crippen molar-refractivity contribution < 1.29 is 64.6 Å². The van der Waals surface area contributed by atoms with Crippen molar-refractivity contribution in [2.75, 3.05) is 19.8 Å². The number of amides is 1. The molecule has 2 aliphatic heterocycles. The monoisotopic (exact) mass is 828 g/mol. The number of hydrogen-bond donors (Lipinski definition) is 9. The van der Waals surface area contributed by atoms with Crippen molar-refractivity contribution in [3.05, 3.63) is 48.6 Å². The molecule has 0 aromatic rings. The van der Waals surface area contributed by atoms with Gasteiger partial charge in [0.2, 0.25) is 5.91 Å². The average Bonchev–Trinajstić information content (AvgIpc) is 3.22. The first kappa shape index (κ1) is 52.1. The van der Waals surface area contributed by atoms with E-state index in [1.165, 1.54) is 25.7 Å². The standard InChI is InChI=1S/C44H77NO13/c1-3-5-7-9-10-11-12-13-14-15-16-17-18-19-20-21-22-24-26-28-36(49)45-32(33(48)27-25-23-8-6-4-2)31-55-43-41(54)39(52)42(35(30-47)57-43)58-44-40(53)38(51)37(50)34(29-46)56-44/h10-11,13-14,16-17,25,27,32-35,37-44,46-48,50-54H,3-9,12,15,18-24,26,28-31H2,1-2H3,(H,45,49)/b11-10-,14-13-,17-16-,27-25+. The number of nitrogens with one attached hydrogen (secondary N) is 1. The average molecular weight is 828 g/mol. The number of hydrogen-bond acceptors (Lipinski definition) is 13. The zero-order valence-electron chi connectivity index (χ0n) is 35.0. The summed E-state index contributed by atoms with van der Waals surface area (Å²) in [5, 5.41) is 85.9. The first-order valence-electron chi connectivity index (χ1n) is 21.9. The molecule has 0 spiro atoms. The zero-order chi connectivity index (χ0) is 42.5. The number of allylic oxidation sites excluding steroid dienone is 7. The van der Waals surface area contributed by atoms with Crippen molar-refractivity contribution in [2.24, 2.45) is 0 Å². The highest BCUT2D eigenvalue weighted by molar-refractivity contribution is 5.76. The molecular formula is C44H77NO13. The number of ether oxygens (including phenoxy) is 4. The van der Waals surface area contributed by atoms with E-state index in [-0.39, 0.29) is 18.9 Å². The maximum Gasteiger partial charge on any atom is 0.220 e. The normalized spacial score (nSPS) is 29.3. The highest BCUT2D eigenvalue weighted by atomic mass is 16.7. The van der Waals surface area contributed by atoms with E-state index in [0.717, 1.165) is 77.0 Å². The Morgan fingerprint density at radius 2 is 1.14 bits per heavy atom. The minimum Gasteiger partial charge on any atom is -0.394 e. The Labute approximate surface area is 346 Å². The van der Waals surface area contributed by atoms with Gasteiger partial charge in [-0.15, -0.1) is 0 Å². The molecule has 336 valence electrons. The van der Waals surface area contributed by atoms with Gasteiger partial charge in [0, 0.05) is 6.42 Å². The topological polar surface area (TPSA) is 228 Å². The maximum atomic E-state index is 13.0. The van der Waals surface area contributed by atoms with Gasteiger partial charge in [-0.1, -0.05) is 114 Å². The van der Waals surface area contributed by atoms with Crippen molar-refractivity contribution in [3.63, 3.8) is 0 Å². The number of carbonyl (C=O) groups is 1. The van der Waals surface area contributed by atoms with Crippen LogP contribution in [0.2, 0.25) is 0 Å². The molecule has 2 aliphatic rings. The lowest BCUT2D eigenvalue weighted by Crippen LogP contribution is -2.65. The first-order chi connectivity index (χ1) is 28.1. The third kappa shape index (κ3) is 20.0. The Kier molecular flexibility index (Phi) is 28.5. The van der Waals surface area contributed by atoms with Gasteiger partial charge in [-0.3, -0.25) is 4.79 Å². The van der Waals surface area contributed by atoms with Gasteiger partial charge in [0.1, 0.15) is 48.8 Å². The molecule has 1 amide bonds. The Morgan fingerprint density at radius 3 is 1.74 bits per heavy atom. The van der Waals surface area contributed by atoms with Crippen LogP contribution in [0, 0.1) is 0 Å². The van der Waals surface area contributed by atoms with Crippen molar-refractivity contribution in [2.45, 2.75) is 203 Å². The predicted molar refractivity (Wildman–Crippen MR) is 221 cm³/mol. The third-order valence-corrected chi connectivity index (χ3v) is 10.5. The predicted octanol–water partition coefficient (Wildman–Crippen LogP) is 3.76. The minimum absolute atomic E-state index is 0.263. The number of rotatable bonds is 31. The third-order valence-electron chi connectivity index (χ3n) is 10.5. The second-order valence-corrected chi connectivity index (χ2v) is 15.5. The van der Waals surface area contributed by atoms with Crippen LogP contribution in [-0.2, 0) is 23.7 Å². The molecule has 2 fully saturated rings. The van der Waals surface area contributed by atoms with E-state index >= 15 is 0 Å². The summed E-state index contributed by atoms with van der Waals surface area (Å²) in [6.07, 6.45) is 17.9. The molecule has 0 radical (unpaired) electrons. The summed E-state index contributed by atoms with van der Waals surface area (Å²) < 4.78 is 22.5. The largest absolute Gasteiger partial charge is 0.394 e. The molecule has 14 nitrogen and oxygen atoms in total. The second kappa shape index (κ2) is 31.8. The molecule has 9 N–H and O–H groups in total. The zero-order valence-corrected chi connectivity index (χ0v) is 35.0. The van der Waals surface area contributed by atoms with E-state index in [1.54, 1.807) is 6.08 Å². The molecular weight excluding hydrogens is 750 g/mol. The lowest BCUT2D eigenvalue weighted by atomic mass is 9.97.